The van der Waals surface area contributed by atoms with Gasteiger partial charge < -0.3 is 15.0 Å². The third kappa shape index (κ3) is 4.83. The van der Waals surface area contributed by atoms with Crippen LogP contribution in [0.25, 0.3) is 21.8 Å². The van der Waals surface area contributed by atoms with E-state index in [9.17, 15) is 0 Å². The van der Waals surface area contributed by atoms with Crippen LogP contribution >= 0.6 is 23.2 Å². The summed E-state index contributed by atoms with van der Waals surface area (Å²) in [6.45, 7) is 1.77. The minimum Gasteiger partial charge on any atom is -0.488 e. The summed E-state index contributed by atoms with van der Waals surface area (Å²) in [6, 6.07) is 26.0. The monoisotopic (exact) mass is 475 g/mol. The van der Waals surface area contributed by atoms with Crippen LogP contribution in [0.15, 0.2) is 78.9 Å². The first-order valence-corrected chi connectivity index (χ1v) is 11.7. The average Bonchev–Trinajstić information content (AvgIpc) is 3.25. The number of H-pyrrole nitrogens is 1. The lowest BCUT2D eigenvalue weighted by atomic mass is 10.0. The molecule has 5 rings (SSSR count). The molecule has 0 unspecified atom stereocenters. The summed E-state index contributed by atoms with van der Waals surface area (Å²) in [7, 11) is 0. The van der Waals surface area contributed by atoms with Gasteiger partial charge in [0, 0.05) is 40.7 Å². The van der Waals surface area contributed by atoms with Gasteiger partial charge in [-0.1, -0.05) is 71.7 Å². The van der Waals surface area contributed by atoms with Gasteiger partial charge in [-0.15, -0.1) is 0 Å². The molecule has 0 aliphatic rings. The lowest BCUT2D eigenvalue weighted by molar-refractivity contribution is 0.303. The second-order valence-electron chi connectivity index (χ2n) is 7.88. The molecule has 4 nitrogen and oxygen atoms in total. The number of halogens is 2. The lowest BCUT2D eigenvalue weighted by Gasteiger charge is -2.16. The van der Waals surface area contributed by atoms with Gasteiger partial charge in [0.25, 0.3) is 0 Å². The van der Waals surface area contributed by atoms with Gasteiger partial charge in [0.05, 0.1) is 11.0 Å². The molecule has 5 aromatic rings. The van der Waals surface area contributed by atoms with Crippen LogP contribution in [-0.4, -0.2) is 16.5 Å². The van der Waals surface area contributed by atoms with Gasteiger partial charge in [0.2, 0.25) is 0 Å². The highest BCUT2D eigenvalue weighted by atomic mass is 35.5. The van der Waals surface area contributed by atoms with Crippen molar-refractivity contribution in [1.29, 1.82) is 0 Å². The molecule has 1 aromatic heterocycles. The number of aromatic nitrogens is 2. The predicted octanol–water partition coefficient (Wildman–Crippen LogP) is 6.93. The highest BCUT2D eigenvalue weighted by molar-refractivity contribution is 6.35. The number of para-hydroxylation sites is 2. The van der Waals surface area contributed by atoms with Crippen LogP contribution in [0.2, 0.25) is 10.0 Å². The summed E-state index contributed by atoms with van der Waals surface area (Å²) in [4.78, 5) is 8.04. The van der Waals surface area contributed by atoms with Crippen LogP contribution in [0.1, 0.15) is 17.0 Å². The molecule has 0 aliphatic heterocycles. The maximum absolute atomic E-state index is 6.33. The van der Waals surface area contributed by atoms with E-state index < -0.39 is 0 Å². The van der Waals surface area contributed by atoms with Crippen molar-refractivity contribution >= 4 is 45.0 Å². The van der Waals surface area contributed by atoms with Crippen molar-refractivity contribution in [2.75, 3.05) is 6.54 Å². The molecule has 0 saturated carbocycles. The Balaban J connectivity index is 1.32. The summed E-state index contributed by atoms with van der Waals surface area (Å²) in [5.41, 5.74) is 3.96. The van der Waals surface area contributed by atoms with Crippen LogP contribution in [0.4, 0.5) is 0 Å². The molecule has 6 heteroatoms. The predicted molar refractivity (Wildman–Crippen MR) is 136 cm³/mol. The Morgan fingerprint density at radius 2 is 1.61 bits per heavy atom. The quantitative estimate of drug-likeness (QED) is 0.239. The van der Waals surface area contributed by atoms with Crippen molar-refractivity contribution in [3.63, 3.8) is 0 Å². The van der Waals surface area contributed by atoms with E-state index in [0.717, 1.165) is 52.1 Å². The summed E-state index contributed by atoms with van der Waals surface area (Å²) in [5, 5.41) is 7.11. The number of hydrogen-bond acceptors (Lipinski definition) is 3. The molecule has 0 saturated heterocycles. The van der Waals surface area contributed by atoms with Crippen LogP contribution in [0.5, 0.6) is 5.75 Å². The Morgan fingerprint density at radius 1 is 0.818 bits per heavy atom. The molecular formula is C27H23Cl2N3O. The Kier molecular flexibility index (Phi) is 6.49. The first kappa shape index (κ1) is 21.8. The van der Waals surface area contributed by atoms with E-state index in [-0.39, 0.29) is 0 Å². The molecule has 0 atom stereocenters. The number of imidazole rings is 1. The SMILES string of the molecule is Clc1cccc(Cl)c1COc1ccc2ccccc2c1CNCCc1nc2ccccc2[nH]1. The van der Waals surface area contributed by atoms with Crippen molar-refractivity contribution in [3.05, 3.63) is 106 Å². The highest BCUT2D eigenvalue weighted by Crippen LogP contribution is 2.31. The molecular weight excluding hydrogens is 453 g/mol. The first-order chi connectivity index (χ1) is 16.2. The molecule has 1 heterocycles. The topological polar surface area (TPSA) is 49.9 Å². The van der Waals surface area contributed by atoms with Gasteiger partial charge in [0.1, 0.15) is 18.2 Å². The minimum atomic E-state index is 0.308. The van der Waals surface area contributed by atoms with Crippen molar-refractivity contribution in [3.8, 4) is 5.75 Å². The van der Waals surface area contributed by atoms with E-state index in [1.807, 2.05) is 54.6 Å². The van der Waals surface area contributed by atoms with E-state index in [4.69, 9.17) is 27.9 Å². The number of nitrogens with one attached hydrogen (secondary N) is 2. The molecule has 2 N–H and O–H groups in total. The number of fused-ring (bicyclic) bond motifs is 2. The van der Waals surface area contributed by atoms with Gasteiger partial charge in [-0.05, 0) is 41.1 Å². The maximum Gasteiger partial charge on any atom is 0.124 e. The fraction of sp³-hybridized carbons (Fsp3) is 0.148. The summed E-state index contributed by atoms with van der Waals surface area (Å²) in [5.74, 6) is 1.80. The molecule has 0 fully saturated rings. The third-order valence-electron chi connectivity index (χ3n) is 5.71. The maximum atomic E-state index is 6.33. The van der Waals surface area contributed by atoms with Crippen LogP contribution in [-0.2, 0) is 19.6 Å². The normalized spacial score (nSPS) is 11.3. The zero-order chi connectivity index (χ0) is 22.6. The van der Waals surface area contributed by atoms with Crippen LogP contribution in [0.3, 0.4) is 0 Å². The van der Waals surface area contributed by atoms with Gasteiger partial charge in [0.15, 0.2) is 0 Å². The van der Waals surface area contributed by atoms with Gasteiger partial charge >= 0.3 is 0 Å². The summed E-state index contributed by atoms with van der Waals surface area (Å²) in [6.07, 6.45) is 0.810. The van der Waals surface area contributed by atoms with Gasteiger partial charge in [-0.25, -0.2) is 4.98 Å². The second kappa shape index (κ2) is 9.84. The van der Waals surface area contributed by atoms with E-state index in [1.54, 1.807) is 0 Å². The van der Waals surface area contributed by atoms with Crippen molar-refractivity contribution in [2.24, 2.45) is 0 Å². The van der Waals surface area contributed by atoms with E-state index >= 15 is 0 Å². The Morgan fingerprint density at radius 3 is 2.45 bits per heavy atom. The fourth-order valence-corrected chi connectivity index (χ4v) is 4.50. The number of ether oxygens (including phenoxy) is 1. The minimum absolute atomic E-state index is 0.308. The summed E-state index contributed by atoms with van der Waals surface area (Å²) < 4.78 is 6.22. The second-order valence-corrected chi connectivity index (χ2v) is 8.69. The Labute approximate surface area is 202 Å². The van der Waals surface area contributed by atoms with Crippen LogP contribution in [0, 0.1) is 0 Å². The number of hydrogen-bond donors (Lipinski definition) is 2. The van der Waals surface area contributed by atoms with Crippen molar-refractivity contribution in [1.82, 2.24) is 15.3 Å². The largest absolute Gasteiger partial charge is 0.488 e. The Hall–Kier alpha value is -3.05. The molecule has 166 valence electrons. The van der Waals surface area contributed by atoms with E-state index in [0.29, 0.717) is 23.2 Å². The van der Waals surface area contributed by atoms with Gasteiger partial charge in [-0.3, -0.25) is 0 Å². The average molecular weight is 476 g/mol. The number of nitrogens with zero attached hydrogens (tertiary/aromatic N) is 1. The molecule has 0 radical (unpaired) electrons. The number of benzene rings is 4. The number of rotatable bonds is 8. The fourth-order valence-electron chi connectivity index (χ4n) is 4.00. The molecule has 33 heavy (non-hydrogen) atoms. The van der Waals surface area contributed by atoms with Crippen LogP contribution < -0.4 is 10.1 Å². The molecule has 4 aromatic carbocycles. The van der Waals surface area contributed by atoms with Crippen molar-refractivity contribution < 1.29 is 4.74 Å². The first-order valence-electron chi connectivity index (χ1n) is 10.9. The van der Waals surface area contributed by atoms with Gasteiger partial charge in [-0.2, -0.15) is 0 Å². The molecule has 0 spiro atoms. The van der Waals surface area contributed by atoms with E-state index in [1.165, 1.54) is 5.39 Å². The summed E-state index contributed by atoms with van der Waals surface area (Å²) >= 11 is 12.7. The standard InChI is InChI=1S/C27H23Cl2N3O/c28-22-8-5-9-23(29)21(22)17-33-26-13-12-18-6-1-2-7-19(18)20(26)16-30-15-14-27-31-24-10-3-4-11-25(24)32-27/h1-13,30H,14-17H2,(H,31,32). The lowest BCUT2D eigenvalue weighted by Crippen LogP contribution is -2.18. The van der Waals surface area contributed by atoms with Crippen molar-refractivity contribution in [2.45, 2.75) is 19.6 Å². The molecule has 0 bridgehead atoms. The molecule has 0 amide bonds. The zero-order valence-electron chi connectivity index (χ0n) is 17.9. The highest BCUT2D eigenvalue weighted by Gasteiger charge is 2.12. The zero-order valence-corrected chi connectivity index (χ0v) is 19.5. The number of aromatic amines is 1. The van der Waals surface area contributed by atoms with E-state index in [2.05, 4.69) is 39.6 Å². The smallest absolute Gasteiger partial charge is 0.124 e. The molecule has 0 aliphatic carbocycles. The Bertz CT molecular complexity index is 1360. The third-order valence-corrected chi connectivity index (χ3v) is 6.42.